The van der Waals surface area contributed by atoms with Gasteiger partial charge in [0, 0.05) is 30.3 Å². The molecule has 0 radical (unpaired) electrons. The molecule has 4 aliphatic rings. The third-order valence-electron chi connectivity index (χ3n) is 6.71. The van der Waals surface area contributed by atoms with Gasteiger partial charge in [-0.2, -0.15) is 0 Å². The first-order valence-electron chi connectivity index (χ1n) is 11.4. The molecule has 0 saturated carbocycles. The zero-order chi connectivity index (χ0) is 24.4. The quantitative estimate of drug-likeness (QED) is 0.640. The number of carbonyl (C=O) groups excluding carboxylic acids is 4. The molecule has 1 aromatic rings. The number of ketones is 1. The van der Waals surface area contributed by atoms with Gasteiger partial charge in [0.1, 0.15) is 23.1 Å². The maximum Gasteiger partial charge on any atom is 0.274 e. The third kappa shape index (κ3) is 3.45. The number of anilines is 1. The Bertz CT molecular complexity index is 1240. The van der Waals surface area contributed by atoms with Crippen LogP contribution in [0.3, 0.4) is 0 Å². The summed E-state index contributed by atoms with van der Waals surface area (Å²) < 4.78 is 6.04. The van der Waals surface area contributed by atoms with E-state index in [4.69, 9.17) is 4.74 Å². The molecule has 4 aliphatic heterocycles. The van der Waals surface area contributed by atoms with Crippen LogP contribution < -0.4 is 10.1 Å². The zero-order valence-electron chi connectivity index (χ0n) is 19.7. The molecule has 1 unspecified atom stereocenters. The average Bonchev–Trinajstić information content (AvgIpc) is 3.26. The Hall–Kier alpha value is -3.68. The third-order valence-corrected chi connectivity index (χ3v) is 6.71. The molecule has 1 N–H and O–H groups in total. The van der Waals surface area contributed by atoms with Gasteiger partial charge in [-0.05, 0) is 58.4 Å². The van der Waals surface area contributed by atoms with Crippen LogP contribution in [0.4, 0.5) is 5.69 Å². The lowest BCUT2D eigenvalue weighted by Gasteiger charge is -2.38. The van der Waals surface area contributed by atoms with Crippen LogP contribution in [0, 0.1) is 5.41 Å². The van der Waals surface area contributed by atoms with Gasteiger partial charge >= 0.3 is 0 Å². The maximum atomic E-state index is 13.6. The Morgan fingerprint density at radius 3 is 2.59 bits per heavy atom. The molecule has 8 heteroatoms. The minimum absolute atomic E-state index is 0.198. The molecular weight excluding hydrogens is 434 g/mol. The SMILES string of the molecule is CC1(C)C=Cc2c(ccc3c2NC(=O)C(C)(C)C=CN2C(=O)C4=CCCN4C(=O)C2CC3=O)O1. The van der Waals surface area contributed by atoms with Crippen LogP contribution in [0.2, 0.25) is 0 Å². The Morgan fingerprint density at radius 1 is 1.06 bits per heavy atom. The van der Waals surface area contributed by atoms with E-state index in [1.54, 1.807) is 38.1 Å². The first kappa shape index (κ1) is 22.1. The van der Waals surface area contributed by atoms with E-state index in [0.717, 1.165) is 0 Å². The number of nitrogens with zero attached hydrogens (tertiary/aromatic N) is 2. The lowest BCUT2D eigenvalue weighted by Crippen LogP contribution is -2.56. The van der Waals surface area contributed by atoms with Crippen LogP contribution in [-0.2, 0) is 14.4 Å². The maximum absolute atomic E-state index is 13.6. The van der Waals surface area contributed by atoms with Crippen LogP contribution in [0.15, 0.2) is 42.3 Å². The minimum Gasteiger partial charge on any atom is -0.483 e. The Kier molecular flexibility index (Phi) is 4.83. The summed E-state index contributed by atoms with van der Waals surface area (Å²) in [6.45, 7) is 7.70. The summed E-state index contributed by atoms with van der Waals surface area (Å²) in [5, 5.41) is 2.93. The molecule has 4 heterocycles. The molecule has 34 heavy (non-hydrogen) atoms. The predicted molar refractivity (Wildman–Crippen MR) is 126 cm³/mol. The number of ether oxygens (including phenoxy) is 1. The lowest BCUT2D eigenvalue weighted by atomic mass is 9.91. The topological polar surface area (TPSA) is 96.0 Å². The summed E-state index contributed by atoms with van der Waals surface area (Å²) in [5.41, 5.74) is 0.00784. The van der Waals surface area contributed by atoms with Gasteiger partial charge in [0.15, 0.2) is 5.78 Å². The highest BCUT2D eigenvalue weighted by molar-refractivity contribution is 6.12. The van der Waals surface area contributed by atoms with Gasteiger partial charge in [0.25, 0.3) is 11.8 Å². The molecule has 0 bridgehead atoms. The van der Waals surface area contributed by atoms with Crippen molar-refractivity contribution in [2.45, 2.75) is 52.2 Å². The first-order chi connectivity index (χ1) is 16.0. The fourth-order valence-electron chi connectivity index (χ4n) is 4.65. The summed E-state index contributed by atoms with van der Waals surface area (Å²) in [7, 11) is 0. The van der Waals surface area contributed by atoms with E-state index < -0.39 is 17.1 Å². The summed E-state index contributed by atoms with van der Waals surface area (Å²) in [4.78, 5) is 56.2. The number of Topliss-reactive ketones (excluding diaryl/α,β-unsaturated/α-hetero) is 1. The van der Waals surface area contributed by atoms with Crippen LogP contribution in [0.1, 0.15) is 56.5 Å². The highest BCUT2D eigenvalue weighted by Crippen LogP contribution is 2.40. The van der Waals surface area contributed by atoms with Gasteiger partial charge in [-0.1, -0.05) is 12.2 Å². The molecular formula is C26H27N3O5. The number of piperazine rings is 1. The van der Waals surface area contributed by atoms with Crippen molar-refractivity contribution in [2.24, 2.45) is 5.41 Å². The molecule has 0 aliphatic carbocycles. The van der Waals surface area contributed by atoms with Gasteiger partial charge in [0.2, 0.25) is 5.91 Å². The summed E-state index contributed by atoms with van der Waals surface area (Å²) in [6.07, 6.45) is 8.93. The molecule has 3 amide bonds. The Balaban J connectivity index is 1.65. The van der Waals surface area contributed by atoms with Crippen molar-refractivity contribution in [3.8, 4) is 5.75 Å². The van der Waals surface area contributed by atoms with Crippen molar-refractivity contribution in [2.75, 3.05) is 11.9 Å². The van der Waals surface area contributed by atoms with Crippen molar-refractivity contribution in [3.05, 3.63) is 53.4 Å². The van der Waals surface area contributed by atoms with E-state index in [-0.39, 0.29) is 35.5 Å². The van der Waals surface area contributed by atoms with Gasteiger partial charge < -0.3 is 19.9 Å². The standard InChI is InChI=1S/C26H27N3O5/c1-25(2)11-13-29-18(23(32)28-12-5-6-17(28)22(29)31)14-19(30)15-7-8-20-16(21(15)27-24(25)33)9-10-26(3,4)34-20/h6-11,13,18H,5,12,14H2,1-4H3,(H,27,33). The number of nitrogens with one attached hydrogen (secondary N) is 1. The Morgan fingerprint density at radius 2 is 1.82 bits per heavy atom. The fourth-order valence-corrected chi connectivity index (χ4v) is 4.65. The van der Waals surface area contributed by atoms with Crippen molar-refractivity contribution in [3.63, 3.8) is 0 Å². The number of carbonyl (C=O) groups is 4. The highest BCUT2D eigenvalue weighted by atomic mass is 16.5. The molecule has 1 fully saturated rings. The Labute approximate surface area is 197 Å². The van der Waals surface area contributed by atoms with Crippen molar-refractivity contribution >= 4 is 35.3 Å². The second-order valence-corrected chi connectivity index (χ2v) is 10.2. The normalized spacial score (nSPS) is 24.8. The number of benzene rings is 1. The first-order valence-corrected chi connectivity index (χ1v) is 11.4. The minimum atomic E-state index is -1.03. The van der Waals surface area contributed by atoms with Gasteiger partial charge in [-0.15, -0.1) is 0 Å². The second kappa shape index (κ2) is 7.41. The van der Waals surface area contributed by atoms with Crippen molar-refractivity contribution in [1.29, 1.82) is 0 Å². The van der Waals surface area contributed by atoms with Gasteiger partial charge in [-0.25, -0.2) is 0 Å². The second-order valence-electron chi connectivity index (χ2n) is 10.2. The molecule has 8 nitrogen and oxygen atoms in total. The summed E-state index contributed by atoms with van der Waals surface area (Å²) >= 11 is 0. The number of hydrogen-bond donors (Lipinski definition) is 1. The van der Waals surface area contributed by atoms with Gasteiger partial charge in [-0.3, -0.25) is 19.2 Å². The largest absolute Gasteiger partial charge is 0.483 e. The van der Waals surface area contributed by atoms with Crippen LogP contribution in [0.5, 0.6) is 5.75 Å². The van der Waals surface area contributed by atoms with Gasteiger partial charge in [0.05, 0.1) is 11.1 Å². The molecule has 176 valence electrons. The van der Waals surface area contributed by atoms with E-state index in [2.05, 4.69) is 5.32 Å². The molecule has 1 atom stereocenters. The summed E-state index contributed by atoms with van der Waals surface area (Å²) in [6, 6.07) is 2.34. The lowest BCUT2D eigenvalue weighted by molar-refractivity contribution is -0.147. The van der Waals surface area contributed by atoms with E-state index in [1.807, 2.05) is 26.0 Å². The zero-order valence-corrected chi connectivity index (χ0v) is 19.7. The van der Waals surface area contributed by atoms with Crippen LogP contribution >= 0.6 is 0 Å². The highest BCUT2D eigenvalue weighted by Gasteiger charge is 2.45. The number of amides is 3. The van der Waals surface area contributed by atoms with Crippen molar-refractivity contribution in [1.82, 2.24) is 9.80 Å². The van der Waals surface area contributed by atoms with E-state index in [1.165, 1.54) is 16.0 Å². The molecule has 1 saturated heterocycles. The number of hydrogen-bond acceptors (Lipinski definition) is 5. The average molecular weight is 462 g/mol. The van der Waals surface area contributed by atoms with E-state index in [9.17, 15) is 19.2 Å². The summed E-state index contributed by atoms with van der Waals surface area (Å²) in [5.74, 6) is -0.763. The van der Waals surface area contributed by atoms with E-state index in [0.29, 0.717) is 35.7 Å². The monoisotopic (exact) mass is 461 g/mol. The van der Waals surface area contributed by atoms with Crippen molar-refractivity contribution < 1.29 is 23.9 Å². The molecule has 0 spiro atoms. The fraction of sp³-hybridized carbons (Fsp3) is 0.385. The van der Waals surface area contributed by atoms with E-state index >= 15 is 0 Å². The molecule has 5 rings (SSSR count). The smallest absolute Gasteiger partial charge is 0.274 e. The molecule has 0 aromatic heterocycles. The molecule has 1 aromatic carbocycles. The predicted octanol–water partition coefficient (Wildman–Crippen LogP) is 3.26. The van der Waals surface area contributed by atoms with Crippen LogP contribution in [-0.4, -0.2) is 51.5 Å². The number of rotatable bonds is 0. The number of fused-ring (bicyclic) bond motifs is 5. The van der Waals surface area contributed by atoms with Crippen LogP contribution in [0.25, 0.3) is 6.08 Å².